The summed E-state index contributed by atoms with van der Waals surface area (Å²) in [5.74, 6) is -0.518. The molecular weight excluding hydrogens is 441 g/mol. The number of aryl methyl sites for hydroxylation is 3. The van der Waals surface area contributed by atoms with E-state index in [1.54, 1.807) is 19.1 Å². The Balaban J connectivity index is 1.65. The number of aliphatic hydroxyl groups is 2. The number of halogens is 1. The number of aliphatic hydroxyl groups excluding tert-OH is 2. The standard InChI is InChI=1S/C30H34FNO3/c1-19-14-20(2)27(28(15-19)24-10-13-29(31)21(3)16-24)12-11-25(33)17-26(34)18-30(35)32-22(4)23-8-6-5-7-9-23/h5-16,22,25-26,33-34H,17-18H2,1-4H3,(H,32,35)/b12-11+/t22-,25+,26+/m0/s1. The van der Waals surface area contributed by atoms with E-state index in [1.165, 1.54) is 6.07 Å². The van der Waals surface area contributed by atoms with Gasteiger partial charge in [0.05, 0.1) is 24.7 Å². The van der Waals surface area contributed by atoms with Crippen molar-refractivity contribution >= 4 is 12.0 Å². The Hall–Kier alpha value is -3.28. The minimum Gasteiger partial charge on any atom is -0.392 e. The molecule has 3 atom stereocenters. The molecule has 0 saturated heterocycles. The second-order valence-corrected chi connectivity index (χ2v) is 9.23. The zero-order valence-corrected chi connectivity index (χ0v) is 20.8. The highest BCUT2D eigenvalue weighted by Crippen LogP contribution is 2.30. The van der Waals surface area contributed by atoms with Gasteiger partial charge in [0.25, 0.3) is 0 Å². The molecule has 3 rings (SSSR count). The molecule has 3 N–H and O–H groups in total. The van der Waals surface area contributed by atoms with E-state index in [9.17, 15) is 19.4 Å². The number of carbonyl (C=O) groups excluding carboxylic acids is 1. The SMILES string of the molecule is Cc1cc(C)c(/C=C/[C@@H](O)C[C@@H](O)CC(=O)N[C@@H](C)c2ccccc2)c(-c2ccc(F)c(C)c2)c1. The largest absolute Gasteiger partial charge is 0.392 e. The molecule has 3 aromatic rings. The summed E-state index contributed by atoms with van der Waals surface area (Å²) in [4.78, 5) is 12.3. The lowest BCUT2D eigenvalue weighted by molar-refractivity contribution is -0.123. The molecule has 3 aromatic carbocycles. The maximum absolute atomic E-state index is 13.8. The van der Waals surface area contributed by atoms with Crippen molar-refractivity contribution in [1.29, 1.82) is 0 Å². The Morgan fingerprint density at radius 3 is 2.40 bits per heavy atom. The number of benzene rings is 3. The summed E-state index contributed by atoms with van der Waals surface area (Å²) in [6.45, 7) is 7.63. The van der Waals surface area contributed by atoms with Gasteiger partial charge in [-0.1, -0.05) is 66.2 Å². The van der Waals surface area contributed by atoms with Gasteiger partial charge in [0.1, 0.15) is 5.82 Å². The van der Waals surface area contributed by atoms with Crippen molar-refractivity contribution in [3.63, 3.8) is 0 Å². The highest BCUT2D eigenvalue weighted by molar-refractivity contribution is 5.78. The van der Waals surface area contributed by atoms with Crippen LogP contribution in [0.3, 0.4) is 0 Å². The molecule has 0 unspecified atom stereocenters. The average Bonchev–Trinajstić information content (AvgIpc) is 2.80. The summed E-state index contributed by atoms with van der Waals surface area (Å²) in [6.07, 6.45) is 1.51. The predicted molar refractivity (Wildman–Crippen MR) is 139 cm³/mol. The van der Waals surface area contributed by atoms with Gasteiger partial charge in [0.2, 0.25) is 5.91 Å². The topological polar surface area (TPSA) is 69.6 Å². The minimum atomic E-state index is -0.976. The van der Waals surface area contributed by atoms with E-state index in [0.717, 1.165) is 33.4 Å². The Labute approximate surface area is 207 Å². The van der Waals surface area contributed by atoms with Crippen LogP contribution in [0.5, 0.6) is 0 Å². The molecule has 0 spiro atoms. The molecule has 0 aromatic heterocycles. The smallest absolute Gasteiger partial charge is 0.223 e. The number of hydrogen-bond acceptors (Lipinski definition) is 3. The first kappa shape index (κ1) is 26.3. The molecule has 0 aliphatic rings. The van der Waals surface area contributed by atoms with Crippen LogP contribution in [0.1, 0.15) is 53.6 Å². The Bertz CT molecular complexity index is 1190. The van der Waals surface area contributed by atoms with Gasteiger partial charge in [-0.2, -0.15) is 0 Å². The van der Waals surface area contributed by atoms with Crippen LogP contribution in [0.25, 0.3) is 17.2 Å². The first-order valence-electron chi connectivity index (χ1n) is 11.9. The van der Waals surface area contributed by atoms with E-state index in [2.05, 4.69) is 11.4 Å². The van der Waals surface area contributed by atoms with Crippen LogP contribution in [0.2, 0.25) is 0 Å². The lowest BCUT2D eigenvalue weighted by Gasteiger charge is -2.17. The monoisotopic (exact) mass is 475 g/mol. The average molecular weight is 476 g/mol. The third-order valence-corrected chi connectivity index (χ3v) is 6.10. The number of nitrogens with one attached hydrogen (secondary N) is 1. The van der Waals surface area contributed by atoms with Crippen molar-refractivity contribution in [2.45, 2.75) is 58.8 Å². The third-order valence-electron chi connectivity index (χ3n) is 6.10. The Kier molecular flexibility index (Phi) is 8.96. The maximum atomic E-state index is 13.8. The van der Waals surface area contributed by atoms with Crippen molar-refractivity contribution in [1.82, 2.24) is 5.32 Å². The number of carbonyl (C=O) groups is 1. The second-order valence-electron chi connectivity index (χ2n) is 9.23. The van der Waals surface area contributed by atoms with Crippen LogP contribution in [0, 0.1) is 26.6 Å². The molecule has 0 heterocycles. The van der Waals surface area contributed by atoms with Gasteiger partial charge in [-0.25, -0.2) is 4.39 Å². The summed E-state index contributed by atoms with van der Waals surface area (Å²) in [5, 5.41) is 23.8. The normalized spacial score (nSPS) is 14.0. The first-order chi connectivity index (χ1) is 16.6. The van der Waals surface area contributed by atoms with Gasteiger partial charge in [-0.15, -0.1) is 0 Å². The van der Waals surface area contributed by atoms with Crippen LogP contribution in [-0.2, 0) is 4.79 Å². The zero-order valence-electron chi connectivity index (χ0n) is 20.8. The number of hydrogen-bond donors (Lipinski definition) is 3. The van der Waals surface area contributed by atoms with E-state index in [1.807, 2.05) is 69.3 Å². The van der Waals surface area contributed by atoms with Crippen molar-refractivity contribution in [3.8, 4) is 11.1 Å². The van der Waals surface area contributed by atoms with Gasteiger partial charge in [0, 0.05) is 6.42 Å². The summed E-state index contributed by atoms with van der Waals surface area (Å²) >= 11 is 0. The molecule has 1 amide bonds. The molecular formula is C30H34FNO3. The lowest BCUT2D eigenvalue weighted by atomic mass is 9.92. The molecule has 0 bridgehead atoms. The van der Waals surface area contributed by atoms with E-state index < -0.39 is 12.2 Å². The molecule has 184 valence electrons. The molecule has 0 radical (unpaired) electrons. The predicted octanol–water partition coefficient (Wildman–Crippen LogP) is 5.81. The lowest BCUT2D eigenvalue weighted by Crippen LogP contribution is -2.31. The van der Waals surface area contributed by atoms with Crippen molar-refractivity contribution < 1.29 is 19.4 Å². The van der Waals surface area contributed by atoms with Gasteiger partial charge >= 0.3 is 0 Å². The van der Waals surface area contributed by atoms with Crippen LogP contribution in [0.15, 0.2) is 66.7 Å². The number of rotatable bonds is 9. The fourth-order valence-electron chi connectivity index (χ4n) is 4.24. The van der Waals surface area contributed by atoms with E-state index in [-0.39, 0.29) is 30.6 Å². The number of amides is 1. The summed E-state index contributed by atoms with van der Waals surface area (Å²) in [7, 11) is 0. The summed E-state index contributed by atoms with van der Waals surface area (Å²) < 4.78 is 13.8. The molecule has 5 heteroatoms. The summed E-state index contributed by atoms with van der Waals surface area (Å²) in [5.41, 5.74) is 6.43. The van der Waals surface area contributed by atoms with Gasteiger partial charge in [-0.05, 0) is 73.2 Å². The van der Waals surface area contributed by atoms with Gasteiger partial charge in [-0.3, -0.25) is 4.79 Å². The van der Waals surface area contributed by atoms with Crippen molar-refractivity contribution in [3.05, 3.63) is 100 Å². The van der Waals surface area contributed by atoms with Gasteiger partial charge < -0.3 is 15.5 Å². The zero-order chi connectivity index (χ0) is 25.5. The van der Waals surface area contributed by atoms with Crippen molar-refractivity contribution in [2.75, 3.05) is 0 Å². The van der Waals surface area contributed by atoms with Crippen LogP contribution in [0.4, 0.5) is 4.39 Å². The minimum absolute atomic E-state index is 0.0412. The quantitative estimate of drug-likeness (QED) is 0.366. The van der Waals surface area contributed by atoms with E-state index in [0.29, 0.717) is 5.56 Å². The molecule has 0 aliphatic carbocycles. The molecule has 0 fully saturated rings. The fourth-order valence-corrected chi connectivity index (χ4v) is 4.24. The molecule has 0 aliphatic heterocycles. The maximum Gasteiger partial charge on any atom is 0.223 e. The van der Waals surface area contributed by atoms with Crippen LogP contribution in [-0.4, -0.2) is 28.3 Å². The fraction of sp³-hybridized carbons (Fsp3) is 0.300. The molecule has 0 saturated carbocycles. The molecule has 4 nitrogen and oxygen atoms in total. The Morgan fingerprint density at radius 1 is 1.00 bits per heavy atom. The highest BCUT2D eigenvalue weighted by Gasteiger charge is 2.17. The molecule has 35 heavy (non-hydrogen) atoms. The van der Waals surface area contributed by atoms with E-state index in [4.69, 9.17) is 0 Å². The Morgan fingerprint density at radius 2 is 1.71 bits per heavy atom. The van der Waals surface area contributed by atoms with Gasteiger partial charge in [0.15, 0.2) is 0 Å². The third kappa shape index (κ3) is 7.35. The first-order valence-corrected chi connectivity index (χ1v) is 11.9. The summed E-state index contributed by atoms with van der Waals surface area (Å²) in [6, 6.07) is 18.6. The van der Waals surface area contributed by atoms with E-state index >= 15 is 0 Å². The highest BCUT2D eigenvalue weighted by atomic mass is 19.1. The van der Waals surface area contributed by atoms with Crippen molar-refractivity contribution in [2.24, 2.45) is 0 Å². The second kappa shape index (κ2) is 11.9. The van der Waals surface area contributed by atoms with Crippen LogP contribution < -0.4 is 5.32 Å². The van der Waals surface area contributed by atoms with Crippen LogP contribution >= 0.6 is 0 Å².